The topological polar surface area (TPSA) is 3.24 Å². The Morgan fingerprint density at radius 3 is 1.00 bits per heavy atom. The number of benzene rings is 4. The minimum Gasteiger partial charge on any atom is -0.305 e. The van der Waals surface area contributed by atoms with Crippen LogP contribution in [0, 0.1) is 5.92 Å². The van der Waals surface area contributed by atoms with E-state index in [2.05, 4.69) is 175 Å². The second-order valence-corrected chi connectivity index (χ2v) is 17.2. The van der Waals surface area contributed by atoms with Crippen molar-refractivity contribution in [3.05, 3.63) is 121 Å². The van der Waals surface area contributed by atoms with E-state index in [1.54, 1.807) is 0 Å². The first kappa shape index (κ1) is 28.7. The normalized spacial score (nSPS) is 14.2. The molecule has 0 N–H and O–H groups in total. The van der Waals surface area contributed by atoms with Crippen LogP contribution in [0.25, 0.3) is 0 Å². The van der Waals surface area contributed by atoms with Crippen molar-refractivity contribution in [2.45, 2.75) is 51.0 Å². The molecule has 198 valence electrons. The summed E-state index contributed by atoms with van der Waals surface area (Å²) in [5, 5.41) is 5.88. The van der Waals surface area contributed by atoms with Gasteiger partial charge in [-0.15, -0.1) is 0 Å². The van der Waals surface area contributed by atoms with Crippen molar-refractivity contribution in [2.75, 3.05) is 14.1 Å². The third kappa shape index (κ3) is 5.97. The zero-order valence-electron chi connectivity index (χ0n) is 24.0. The van der Waals surface area contributed by atoms with E-state index in [0.717, 1.165) is 0 Å². The van der Waals surface area contributed by atoms with Crippen molar-refractivity contribution in [3.8, 4) is 0 Å². The van der Waals surface area contributed by atoms with E-state index in [4.69, 9.17) is 0 Å². The van der Waals surface area contributed by atoms with Crippen molar-refractivity contribution in [2.24, 2.45) is 5.92 Å². The highest BCUT2D eigenvalue weighted by Crippen LogP contribution is 2.58. The van der Waals surface area contributed by atoms with Crippen LogP contribution in [0.2, 0.25) is 0 Å². The van der Waals surface area contributed by atoms with Crippen LogP contribution in [0.15, 0.2) is 121 Å². The molecular weight excluding hydrogens is 496 g/mol. The average molecular weight is 540 g/mol. The van der Waals surface area contributed by atoms with Gasteiger partial charge in [0.25, 0.3) is 0 Å². The monoisotopic (exact) mass is 539 g/mol. The van der Waals surface area contributed by atoms with E-state index in [9.17, 15) is 0 Å². The van der Waals surface area contributed by atoms with Gasteiger partial charge in [0.2, 0.25) is 0 Å². The van der Waals surface area contributed by atoms with Crippen LogP contribution >= 0.6 is 15.8 Å². The first-order valence-corrected chi connectivity index (χ1v) is 16.3. The summed E-state index contributed by atoms with van der Waals surface area (Å²) in [6, 6.07) is 45.2. The summed E-state index contributed by atoms with van der Waals surface area (Å²) in [7, 11) is 3.38. The molecule has 0 aliphatic heterocycles. The molecule has 4 aromatic carbocycles. The number of nitrogens with zero attached hydrogens (tertiary/aromatic N) is 1. The molecule has 0 aliphatic carbocycles. The fraction of sp³-hybridized carbons (Fsp3) is 0.314. The van der Waals surface area contributed by atoms with E-state index in [1.807, 2.05) is 0 Å². The molecule has 1 nitrogen and oxygen atoms in total. The van der Waals surface area contributed by atoms with Crippen LogP contribution in [-0.4, -0.2) is 35.3 Å². The molecular formula is C35H43NP2. The Hall–Kier alpha value is -2.30. The molecule has 0 radical (unpaired) electrons. The molecule has 4 rings (SSSR count). The van der Waals surface area contributed by atoms with E-state index in [-0.39, 0.29) is 10.3 Å². The molecule has 0 aliphatic rings. The molecule has 3 heteroatoms. The zero-order chi connectivity index (χ0) is 27.3. The van der Waals surface area contributed by atoms with Gasteiger partial charge >= 0.3 is 0 Å². The van der Waals surface area contributed by atoms with Gasteiger partial charge in [-0.1, -0.05) is 156 Å². The van der Waals surface area contributed by atoms with Crippen LogP contribution in [0.5, 0.6) is 0 Å². The summed E-state index contributed by atoms with van der Waals surface area (Å²) in [6.07, 6.45) is 0. The second-order valence-electron chi connectivity index (χ2n) is 11.5. The van der Waals surface area contributed by atoms with Crippen molar-refractivity contribution in [1.82, 2.24) is 4.90 Å². The lowest BCUT2D eigenvalue weighted by Gasteiger charge is -2.53. The molecule has 38 heavy (non-hydrogen) atoms. The average Bonchev–Trinajstić information content (AvgIpc) is 2.91. The molecule has 1 unspecified atom stereocenters. The summed E-state index contributed by atoms with van der Waals surface area (Å²) >= 11 is 0. The summed E-state index contributed by atoms with van der Waals surface area (Å²) in [5.41, 5.74) is 0. The van der Waals surface area contributed by atoms with Crippen molar-refractivity contribution >= 4 is 37.1 Å². The molecule has 0 amide bonds. The summed E-state index contributed by atoms with van der Waals surface area (Å²) in [4.78, 5) is 2.51. The van der Waals surface area contributed by atoms with E-state index < -0.39 is 15.8 Å². The molecule has 0 aromatic heterocycles. The van der Waals surface area contributed by atoms with E-state index in [0.29, 0.717) is 12.0 Å². The van der Waals surface area contributed by atoms with Gasteiger partial charge in [-0.05, 0) is 62.2 Å². The Labute approximate surface area is 233 Å². The van der Waals surface area contributed by atoms with Crippen molar-refractivity contribution < 1.29 is 0 Å². The molecule has 0 fully saturated rings. The maximum Gasteiger partial charge on any atom is 0.0220 e. The number of hydrogen-bond donors (Lipinski definition) is 0. The van der Waals surface area contributed by atoms with Crippen molar-refractivity contribution in [3.63, 3.8) is 0 Å². The van der Waals surface area contributed by atoms with Gasteiger partial charge in [0.1, 0.15) is 0 Å². The minimum absolute atomic E-state index is 0.0204. The first-order valence-electron chi connectivity index (χ1n) is 13.6. The maximum absolute atomic E-state index is 2.52. The van der Waals surface area contributed by atoms with Gasteiger partial charge in [-0.3, -0.25) is 0 Å². The Morgan fingerprint density at radius 1 is 0.474 bits per heavy atom. The number of hydrogen-bond acceptors (Lipinski definition) is 1. The lowest BCUT2D eigenvalue weighted by molar-refractivity contribution is 0.160. The van der Waals surface area contributed by atoms with Gasteiger partial charge in [-0.2, -0.15) is 0 Å². The van der Waals surface area contributed by atoms with Crippen LogP contribution < -0.4 is 21.2 Å². The standard InChI is InChI=1S/C35H43NP2/c1-28(34(2,3)37(29-20-12-8-13-21-29)30-22-14-9-15-23-30)33(36(6)7)35(4,5)38(31-24-16-10-17-25-31)32-26-18-11-19-27-32/h8-28,33H,1-7H3/t28-,33?/m0/s1. The SMILES string of the molecule is C[C@@H](C(N(C)C)C(C)(C)P(c1ccccc1)c1ccccc1)C(C)(C)P(c1ccccc1)c1ccccc1. The van der Waals surface area contributed by atoms with Crippen molar-refractivity contribution in [1.29, 1.82) is 0 Å². The van der Waals surface area contributed by atoms with Gasteiger partial charge in [0, 0.05) is 11.2 Å². The highest BCUT2D eigenvalue weighted by atomic mass is 31.1. The highest BCUT2D eigenvalue weighted by Gasteiger charge is 2.49. The Morgan fingerprint density at radius 2 is 0.737 bits per heavy atom. The first-order chi connectivity index (χ1) is 18.2. The third-order valence-corrected chi connectivity index (χ3v) is 14.3. The van der Waals surface area contributed by atoms with Gasteiger partial charge in [-0.25, -0.2) is 0 Å². The van der Waals surface area contributed by atoms with E-state index >= 15 is 0 Å². The molecule has 0 spiro atoms. The minimum atomic E-state index is -0.608. The fourth-order valence-electron chi connectivity index (χ4n) is 6.35. The Bertz CT molecular complexity index is 1180. The second kappa shape index (κ2) is 12.3. The van der Waals surface area contributed by atoms with Gasteiger partial charge in [0.15, 0.2) is 0 Å². The number of rotatable bonds is 10. The van der Waals surface area contributed by atoms with Crippen LogP contribution in [0.1, 0.15) is 34.6 Å². The fourth-order valence-corrected chi connectivity index (χ4v) is 12.8. The molecule has 4 aromatic rings. The smallest absolute Gasteiger partial charge is 0.0220 e. The zero-order valence-corrected chi connectivity index (χ0v) is 25.8. The molecule has 0 heterocycles. The predicted molar refractivity (Wildman–Crippen MR) is 173 cm³/mol. The molecule has 0 saturated carbocycles. The largest absolute Gasteiger partial charge is 0.305 e. The molecule has 0 bridgehead atoms. The Balaban J connectivity index is 1.84. The summed E-state index contributed by atoms with van der Waals surface area (Å²) in [6.45, 7) is 12.6. The van der Waals surface area contributed by atoms with Gasteiger partial charge < -0.3 is 4.90 Å². The lowest BCUT2D eigenvalue weighted by Crippen LogP contribution is -2.56. The molecule has 0 saturated heterocycles. The summed E-state index contributed by atoms with van der Waals surface area (Å²) in [5.74, 6) is 0.427. The Kier molecular flexibility index (Phi) is 9.26. The highest BCUT2D eigenvalue weighted by molar-refractivity contribution is 7.75. The van der Waals surface area contributed by atoms with Crippen LogP contribution in [-0.2, 0) is 0 Å². The van der Waals surface area contributed by atoms with Crippen LogP contribution in [0.3, 0.4) is 0 Å². The van der Waals surface area contributed by atoms with E-state index in [1.165, 1.54) is 21.2 Å². The lowest BCUT2D eigenvalue weighted by atomic mass is 9.82. The van der Waals surface area contributed by atoms with Crippen LogP contribution in [0.4, 0.5) is 0 Å². The maximum atomic E-state index is 2.52. The quantitative estimate of drug-likeness (QED) is 0.190. The predicted octanol–water partition coefficient (Wildman–Crippen LogP) is 7.38. The van der Waals surface area contributed by atoms with Gasteiger partial charge in [0.05, 0.1) is 0 Å². The third-order valence-electron chi connectivity index (χ3n) is 8.08. The summed E-state index contributed by atoms with van der Waals surface area (Å²) < 4.78 is 0. The molecule has 2 atom stereocenters.